The van der Waals surface area contributed by atoms with Gasteiger partial charge in [0, 0.05) is 27.8 Å². The van der Waals surface area contributed by atoms with Crippen LogP contribution in [0.25, 0.3) is 0 Å². The van der Waals surface area contributed by atoms with Crippen LogP contribution in [0, 0.1) is 0 Å². The Morgan fingerprint density at radius 1 is 1.42 bits per heavy atom. The minimum absolute atomic E-state index is 0. The molecule has 0 spiro atoms. The standard InChI is InChI=1S/C8H12N2O.B/c11-7-3-6-10-8-4-1-2-5-9-8;/h1-2,4-5,11H,3,6-7H2,(H,9,10);. The van der Waals surface area contributed by atoms with Crippen LogP contribution in [0.5, 0.6) is 0 Å². The van der Waals surface area contributed by atoms with E-state index in [1.165, 1.54) is 0 Å². The van der Waals surface area contributed by atoms with Crippen molar-refractivity contribution in [3.05, 3.63) is 24.4 Å². The highest BCUT2D eigenvalue weighted by atomic mass is 16.3. The number of hydrogen-bond donors (Lipinski definition) is 2. The Hall–Kier alpha value is -1.03. The highest BCUT2D eigenvalue weighted by Crippen LogP contribution is 1.98. The molecule has 1 aromatic heterocycles. The first-order valence-electron chi connectivity index (χ1n) is 3.69. The van der Waals surface area contributed by atoms with Crippen molar-refractivity contribution in [2.45, 2.75) is 6.42 Å². The first-order chi connectivity index (χ1) is 5.43. The zero-order chi connectivity index (χ0) is 7.94. The van der Waals surface area contributed by atoms with E-state index in [9.17, 15) is 0 Å². The molecule has 0 aliphatic carbocycles. The first kappa shape index (κ1) is 11.0. The lowest BCUT2D eigenvalue weighted by Gasteiger charge is -2.01. The van der Waals surface area contributed by atoms with Crippen molar-refractivity contribution in [1.29, 1.82) is 0 Å². The maximum Gasteiger partial charge on any atom is 0.125 e. The average molecular weight is 163 g/mol. The number of aliphatic hydroxyl groups excluding tert-OH is 1. The molecule has 1 rings (SSSR count). The van der Waals surface area contributed by atoms with Crippen LogP contribution in [0.15, 0.2) is 24.4 Å². The molecule has 0 saturated heterocycles. The molecule has 0 aliphatic heterocycles. The Balaban J connectivity index is 0.00000121. The Bertz CT molecular complexity index is 194. The molecule has 0 aromatic carbocycles. The van der Waals surface area contributed by atoms with Gasteiger partial charge < -0.3 is 10.4 Å². The van der Waals surface area contributed by atoms with Crippen LogP contribution < -0.4 is 5.32 Å². The summed E-state index contributed by atoms with van der Waals surface area (Å²) in [6, 6.07) is 5.70. The summed E-state index contributed by atoms with van der Waals surface area (Å²) in [7, 11) is 0. The molecule has 1 heterocycles. The number of nitrogens with zero attached hydrogens (tertiary/aromatic N) is 1. The number of hydrogen-bond acceptors (Lipinski definition) is 3. The zero-order valence-corrected chi connectivity index (χ0v) is 6.90. The van der Waals surface area contributed by atoms with Gasteiger partial charge in [-0.05, 0) is 18.6 Å². The summed E-state index contributed by atoms with van der Waals surface area (Å²) < 4.78 is 0. The van der Waals surface area contributed by atoms with Crippen molar-refractivity contribution >= 4 is 14.2 Å². The van der Waals surface area contributed by atoms with Gasteiger partial charge in [0.15, 0.2) is 0 Å². The van der Waals surface area contributed by atoms with Gasteiger partial charge in [-0.3, -0.25) is 0 Å². The second-order valence-electron chi connectivity index (χ2n) is 2.22. The van der Waals surface area contributed by atoms with Crippen LogP contribution in [0.1, 0.15) is 6.42 Å². The summed E-state index contributed by atoms with van der Waals surface area (Å²) in [5, 5.41) is 11.6. The fraction of sp³-hybridized carbons (Fsp3) is 0.375. The first-order valence-corrected chi connectivity index (χ1v) is 3.69. The summed E-state index contributed by atoms with van der Waals surface area (Å²) in [6.45, 7) is 0.993. The van der Waals surface area contributed by atoms with Crippen LogP contribution in [-0.2, 0) is 0 Å². The molecule has 3 radical (unpaired) electrons. The van der Waals surface area contributed by atoms with Gasteiger partial charge in [-0.15, -0.1) is 0 Å². The lowest BCUT2D eigenvalue weighted by Crippen LogP contribution is -2.04. The number of aromatic nitrogens is 1. The second-order valence-corrected chi connectivity index (χ2v) is 2.22. The molecule has 0 aliphatic rings. The Morgan fingerprint density at radius 3 is 2.83 bits per heavy atom. The molecule has 2 N–H and O–H groups in total. The molecule has 3 nitrogen and oxygen atoms in total. The van der Waals surface area contributed by atoms with Gasteiger partial charge in [0.05, 0.1) is 0 Å². The third-order valence-electron chi connectivity index (χ3n) is 1.31. The van der Waals surface area contributed by atoms with E-state index in [1.54, 1.807) is 6.20 Å². The zero-order valence-electron chi connectivity index (χ0n) is 6.90. The molecule has 0 amide bonds. The molecular formula is C8H12BN2O. The maximum absolute atomic E-state index is 8.48. The van der Waals surface area contributed by atoms with Crippen molar-refractivity contribution < 1.29 is 5.11 Å². The van der Waals surface area contributed by atoms with E-state index in [-0.39, 0.29) is 15.0 Å². The van der Waals surface area contributed by atoms with E-state index in [1.807, 2.05) is 18.2 Å². The van der Waals surface area contributed by atoms with Crippen LogP contribution >= 0.6 is 0 Å². The average Bonchev–Trinajstić information content (AvgIpc) is 2.07. The lowest BCUT2D eigenvalue weighted by atomic mass is 10.4. The van der Waals surface area contributed by atoms with Crippen LogP contribution in [0.3, 0.4) is 0 Å². The number of pyridine rings is 1. The predicted molar refractivity (Wildman–Crippen MR) is 50.2 cm³/mol. The van der Waals surface area contributed by atoms with Crippen molar-refractivity contribution in [1.82, 2.24) is 4.98 Å². The van der Waals surface area contributed by atoms with E-state index in [0.29, 0.717) is 0 Å². The van der Waals surface area contributed by atoms with Gasteiger partial charge in [-0.2, -0.15) is 0 Å². The summed E-state index contributed by atoms with van der Waals surface area (Å²) in [5.41, 5.74) is 0. The molecule has 4 heteroatoms. The van der Waals surface area contributed by atoms with Gasteiger partial charge >= 0.3 is 0 Å². The summed E-state index contributed by atoms with van der Waals surface area (Å²) >= 11 is 0. The number of rotatable bonds is 4. The van der Waals surface area contributed by atoms with E-state index in [4.69, 9.17) is 5.11 Å². The second kappa shape index (κ2) is 6.67. The van der Waals surface area contributed by atoms with E-state index in [0.717, 1.165) is 18.8 Å². The largest absolute Gasteiger partial charge is 0.396 e. The van der Waals surface area contributed by atoms with Crippen LogP contribution in [-0.4, -0.2) is 31.7 Å². The SMILES string of the molecule is OCCCNc1ccccn1.[B]. The minimum atomic E-state index is 0. The highest BCUT2D eigenvalue weighted by Gasteiger charge is 1.88. The summed E-state index contributed by atoms with van der Waals surface area (Å²) in [4.78, 5) is 4.06. The molecule has 0 saturated carbocycles. The number of anilines is 1. The monoisotopic (exact) mass is 163 g/mol. The van der Waals surface area contributed by atoms with Crippen molar-refractivity contribution in [2.75, 3.05) is 18.5 Å². The molecule has 0 bridgehead atoms. The Labute approximate surface area is 74.4 Å². The van der Waals surface area contributed by atoms with Gasteiger partial charge in [-0.25, -0.2) is 4.98 Å². The summed E-state index contributed by atoms with van der Waals surface area (Å²) in [6.07, 6.45) is 2.50. The van der Waals surface area contributed by atoms with Crippen molar-refractivity contribution in [3.63, 3.8) is 0 Å². The normalized spacial score (nSPS) is 8.75. The van der Waals surface area contributed by atoms with Crippen molar-refractivity contribution in [2.24, 2.45) is 0 Å². The molecule has 12 heavy (non-hydrogen) atoms. The van der Waals surface area contributed by atoms with Crippen LogP contribution in [0.2, 0.25) is 0 Å². The third-order valence-corrected chi connectivity index (χ3v) is 1.31. The number of nitrogens with one attached hydrogen (secondary N) is 1. The minimum Gasteiger partial charge on any atom is -0.396 e. The molecular weight excluding hydrogens is 151 g/mol. The third kappa shape index (κ3) is 3.98. The smallest absolute Gasteiger partial charge is 0.125 e. The van der Waals surface area contributed by atoms with Gasteiger partial charge in [0.1, 0.15) is 5.82 Å². The maximum atomic E-state index is 8.48. The lowest BCUT2D eigenvalue weighted by molar-refractivity contribution is 0.292. The van der Waals surface area contributed by atoms with Crippen molar-refractivity contribution in [3.8, 4) is 0 Å². The molecule has 0 atom stereocenters. The fourth-order valence-electron chi connectivity index (χ4n) is 0.763. The van der Waals surface area contributed by atoms with Crippen LogP contribution in [0.4, 0.5) is 5.82 Å². The summed E-state index contributed by atoms with van der Waals surface area (Å²) in [5.74, 6) is 0.862. The Kier molecular flexibility index (Phi) is 6.10. The van der Waals surface area contributed by atoms with Gasteiger partial charge in [0.25, 0.3) is 0 Å². The molecule has 1 aromatic rings. The quantitative estimate of drug-likeness (QED) is 0.501. The van der Waals surface area contributed by atoms with E-state index < -0.39 is 0 Å². The fourth-order valence-corrected chi connectivity index (χ4v) is 0.763. The molecule has 63 valence electrons. The molecule has 0 fully saturated rings. The molecule has 0 unspecified atom stereocenters. The highest BCUT2D eigenvalue weighted by molar-refractivity contribution is 5.75. The topological polar surface area (TPSA) is 45.1 Å². The number of aliphatic hydroxyl groups is 1. The van der Waals surface area contributed by atoms with Gasteiger partial charge in [-0.1, -0.05) is 6.07 Å². The van der Waals surface area contributed by atoms with Gasteiger partial charge in [0.2, 0.25) is 0 Å². The van der Waals surface area contributed by atoms with E-state index >= 15 is 0 Å². The predicted octanol–water partition coefficient (Wildman–Crippen LogP) is 0.495. The Morgan fingerprint density at radius 2 is 2.25 bits per heavy atom. The van der Waals surface area contributed by atoms with E-state index in [2.05, 4.69) is 10.3 Å².